The van der Waals surface area contributed by atoms with E-state index in [-0.39, 0.29) is 5.91 Å². The molecular formula is C19H14N2OS2. The zero-order chi connectivity index (χ0) is 16.5. The summed E-state index contributed by atoms with van der Waals surface area (Å²) in [5, 5.41) is 3.89. The molecule has 0 bridgehead atoms. The number of nitrogens with zero attached hydrogens (tertiary/aromatic N) is 1. The van der Waals surface area contributed by atoms with E-state index in [1.54, 1.807) is 11.3 Å². The van der Waals surface area contributed by atoms with Gasteiger partial charge in [0.05, 0.1) is 20.0 Å². The van der Waals surface area contributed by atoms with Crippen molar-refractivity contribution in [1.29, 1.82) is 0 Å². The molecule has 4 rings (SSSR count). The van der Waals surface area contributed by atoms with Crippen molar-refractivity contribution >= 4 is 44.5 Å². The zero-order valence-corrected chi connectivity index (χ0v) is 14.6. The fourth-order valence-electron chi connectivity index (χ4n) is 2.38. The van der Waals surface area contributed by atoms with Gasteiger partial charge in [0.1, 0.15) is 5.01 Å². The molecule has 1 N–H and O–H groups in total. The lowest BCUT2D eigenvalue weighted by Gasteiger charge is -2.03. The highest BCUT2D eigenvalue weighted by molar-refractivity contribution is 7.26. The van der Waals surface area contributed by atoms with E-state index in [0.717, 1.165) is 25.8 Å². The summed E-state index contributed by atoms with van der Waals surface area (Å²) in [7, 11) is 0. The molecule has 0 atom stereocenters. The molecule has 24 heavy (non-hydrogen) atoms. The summed E-state index contributed by atoms with van der Waals surface area (Å²) in [5.41, 5.74) is 2.97. The molecule has 0 unspecified atom stereocenters. The molecule has 0 spiro atoms. The van der Waals surface area contributed by atoms with Crippen molar-refractivity contribution in [3.63, 3.8) is 0 Å². The van der Waals surface area contributed by atoms with Crippen LogP contribution in [0.5, 0.6) is 0 Å². The van der Waals surface area contributed by atoms with Gasteiger partial charge in [-0.25, -0.2) is 4.98 Å². The van der Waals surface area contributed by atoms with Crippen molar-refractivity contribution in [3.05, 3.63) is 71.1 Å². The first-order valence-corrected chi connectivity index (χ1v) is 9.16. The van der Waals surface area contributed by atoms with Crippen molar-refractivity contribution in [3.8, 4) is 9.88 Å². The summed E-state index contributed by atoms with van der Waals surface area (Å²) in [6.07, 6.45) is 0. The molecule has 2 aromatic heterocycles. The number of fused-ring (bicyclic) bond motifs is 1. The average molecular weight is 350 g/mol. The summed E-state index contributed by atoms with van der Waals surface area (Å²) >= 11 is 3.12. The van der Waals surface area contributed by atoms with E-state index in [0.29, 0.717) is 4.88 Å². The number of para-hydroxylation sites is 1. The van der Waals surface area contributed by atoms with Crippen LogP contribution >= 0.6 is 22.7 Å². The van der Waals surface area contributed by atoms with Gasteiger partial charge in [-0.05, 0) is 43.3 Å². The Labute approximate surface area is 147 Å². The number of aryl methyl sites for hydroxylation is 1. The Kier molecular flexibility index (Phi) is 3.88. The van der Waals surface area contributed by atoms with Gasteiger partial charge in [-0.3, -0.25) is 4.79 Å². The number of amides is 1. The standard InChI is InChI=1S/C19H14N2OS2/c1-12-6-8-13(9-7-12)20-18(22)16-10-11-17(23-16)19-21-14-4-2-3-5-15(14)24-19/h2-11H,1H3,(H,20,22). The van der Waals surface area contributed by atoms with Crippen LogP contribution in [0.4, 0.5) is 5.69 Å². The number of carbonyl (C=O) groups excluding carboxylic acids is 1. The maximum atomic E-state index is 12.4. The highest BCUT2D eigenvalue weighted by Gasteiger charge is 2.13. The highest BCUT2D eigenvalue weighted by atomic mass is 32.1. The van der Waals surface area contributed by atoms with Crippen LogP contribution in [0.1, 0.15) is 15.2 Å². The quantitative estimate of drug-likeness (QED) is 0.523. The van der Waals surface area contributed by atoms with E-state index >= 15 is 0 Å². The van der Waals surface area contributed by atoms with Crippen LogP contribution in [-0.4, -0.2) is 10.9 Å². The molecule has 0 saturated heterocycles. The fourth-order valence-corrected chi connectivity index (χ4v) is 4.30. The van der Waals surface area contributed by atoms with Crippen molar-refractivity contribution < 1.29 is 4.79 Å². The van der Waals surface area contributed by atoms with Crippen LogP contribution in [0.3, 0.4) is 0 Å². The lowest BCUT2D eigenvalue weighted by atomic mass is 10.2. The molecule has 0 aliphatic carbocycles. The van der Waals surface area contributed by atoms with Gasteiger partial charge in [-0.15, -0.1) is 22.7 Å². The first-order valence-electron chi connectivity index (χ1n) is 7.53. The van der Waals surface area contributed by atoms with Gasteiger partial charge in [-0.1, -0.05) is 29.8 Å². The van der Waals surface area contributed by atoms with Crippen LogP contribution in [0.25, 0.3) is 20.1 Å². The van der Waals surface area contributed by atoms with E-state index in [4.69, 9.17) is 0 Å². The number of benzene rings is 2. The molecule has 118 valence electrons. The van der Waals surface area contributed by atoms with E-state index in [1.165, 1.54) is 16.9 Å². The number of rotatable bonds is 3. The summed E-state index contributed by atoms with van der Waals surface area (Å²) in [6, 6.07) is 19.7. The Balaban J connectivity index is 1.57. The third kappa shape index (κ3) is 2.96. The summed E-state index contributed by atoms with van der Waals surface area (Å²) < 4.78 is 1.16. The third-order valence-electron chi connectivity index (χ3n) is 3.64. The number of thiazole rings is 1. The van der Waals surface area contributed by atoms with Gasteiger partial charge in [0.25, 0.3) is 5.91 Å². The summed E-state index contributed by atoms with van der Waals surface area (Å²) in [5.74, 6) is -0.0868. The van der Waals surface area contributed by atoms with Gasteiger partial charge in [-0.2, -0.15) is 0 Å². The zero-order valence-electron chi connectivity index (χ0n) is 12.9. The number of nitrogens with one attached hydrogen (secondary N) is 1. The van der Waals surface area contributed by atoms with Gasteiger partial charge in [0.2, 0.25) is 0 Å². The largest absolute Gasteiger partial charge is 0.321 e. The lowest BCUT2D eigenvalue weighted by Crippen LogP contribution is -2.09. The number of aromatic nitrogens is 1. The molecule has 3 nitrogen and oxygen atoms in total. The second kappa shape index (κ2) is 6.19. The van der Waals surface area contributed by atoms with E-state index in [1.807, 2.05) is 61.5 Å². The second-order valence-corrected chi connectivity index (χ2v) is 7.59. The number of hydrogen-bond donors (Lipinski definition) is 1. The predicted molar refractivity (Wildman–Crippen MR) is 102 cm³/mol. The minimum absolute atomic E-state index is 0.0868. The van der Waals surface area contributed by atoms with Crippen LogP contribution in [0.2, 0.25) is 0 Å². The van der Waals surface area contributed by atoms with E-state index < -0.39 is 0 Å². The SMILES string of the molecule is Cc1ccc(NC(=O)c2ccc(-c3nc4ccccc4s3)s2)cc1. The third-order valence-corrected chi connectivity index (χ3v) is 5.93. The molecule has 2 aromatic carbocycles. The molecule has 5 heteroatoms. The molecule has 0 fully saturated rings. The van der Waals surface area contributed by atoms with Gasteiger partial charge in [0.15, 0.2) is 0 Å². The van der Waals surface area contributed by atoms with E-state index in [9.17, 15) is 4.79 Å². The lowest BCUT2D eigenvalue weighted by molar-refractivity contribution is 0.103. The molecular weight excluding hydrogens is 336 g/mol. The Morgan fingerprint density at radius 3 is 2.54 bits per heavy atom. The monoisotopic (exact) mass is 350 g/mol. The molecule has 0 radical (unpaired) electrons. The fraction of sp³-hybridized carbons (Fsp3) is 0.0526. The predicted octanol–water partition coefficient (Wildman–Crippen LogP) is 5.59. The maximum absolute atomic E-state index is 12.4. The van der Waals surface area contributed by atoms with Crippen molar-refractivity contribution in [1.82, 2.24) is 4.98 Å². The van der Waals surface area contributed by atoms with Gasteiger partial charge >= 0.3 is 0 Å². The molecule has 1 amide bonds. The Bertz CT molecular complexity index is 982. The number of hydrogen-bond acceptors (Lipinski definition) is 4. The Hall–Kier alpha value is -2.50. The van der Waals surface area contributed by atoms with E-state index in [2.05, 4.69) is 16.4 Å². The molecule has 2 heterocycles. The van der Waals surface area contributed by atoms with Crippen LogP contribution < -0.4 is 5.32 Å². The molecule has 0 aliphatic rings. The smallest absolute Gasteiger partial charge is 0.265 e. The number of carbonyl (C=O) groups is 1. The summed E-state index contributed by atoms with van der Waals surface area (Å²) in [4.78, 5) is 18.7. The number of anilines is 1. The minimum atomic E-state index is -0.0868. The molecule has 0 saturated carbocycles. The average Bonchev–Trinajstić information content (AvgIpc) is 3.23. The van der Waals surface area contributed by atoms with Crippen LogP contribution in [0.15, 0.2) is 60.7 Å². The van der Waals surface area contributed by atoms with Crippen molar-refractivity contribution in [2.24, 2.45) is 0 Å². The van der Waals surface area contributed by atoms with Crippen molar-refractivity contribution in [2.75, 3.05) is 5.32 Å². The van der Waals surface area contributed by atoms with Gasteiger partial charge in [0, 0.05) is 5.69 Å². The van der Waals surface area contributed by atoms with Crippen LogP contribution in [-0.2, 0) is 0 Å². The van der Waals surface area contributed by atoms with Crippen LogP contribution in [0, 0.1) is 6.92 Å². The molecule has 4 aromatic rings. The second-order valence-electron chi connectivity index (χ2n) is 5.47. The first-order chi connectivity index (χ1) is 11.7. The number of thiophene rings is 1. The topological polar surface area (TPSA) is 42.0 Å². The van der Waals surface area contributed by atoms with Crippen molar-refractivity contribution in [2.45, 2.75) is 6.92 Å². The Morgan fingerprint density at radius 1 is 0.958 bits per heavy atom. The molecule has 0 aliphatic heterocycles. The minimum Gasteiger partial charge on any atom is -0.321 e. The highest BCUT2D eigenvalue weighted by Crippen LogP contribution is 2.34. The summed E-state index contributed by atoms with van der Waals surface area (Å²) in [6.45, 7) is 2.02. The first kappa shape index (κ1) is 15.1. The Morgan fingerprint density at radius 2 is 1.75 bits per heavy atom. The normalized spacial score (nSPS) is 10.9. The van der Waals surface area contributed by atoms with Gasteiger partial charge < -0.3 is 5.32 Å². The maximum Gasteiger partial charge on any atom is 0.265 e.